The lowest BCUT2D eigenvalue weighted by Gasteiger charge is -2.27. The molecule has 1 aromatic carbocycles. The van der Waals surface area contributed by atoms with Gasteiger partial charge in [-0.15, -0.1) is 9.63 Å². The largest absolute Gasteiger partial charge is 0.454 e. The van der Waals surface area contributed by atoms with Gasteiger partial charge < -0.3 is 9.47 Å². The van der Waals surface area contributed by atoms with Crippen molar-refractivity contribution < 1.29 is 9.47 Å². The highest BCUT2D eigenvalue weighted by molar-refractivity contribution is 6.36. The lowest BCUT2D eigenvalue weighted by molar-refractivity contribution is 0.174. The molecule has 0 saturated carbocycles. The predicted molar refractivity (Wildman–Crippen MR) is 77.6 cm³/mol. The minimum Gasteiger partial charge on any atom is -0.454 e. The van der Waals surface area contributed by atoms with Gasteiger partial charge in [0.2, 0.25) is 6.79 Å². The van der Waals surface area contributed by atoms with Crippen molar-refractivity contribution in [1.82, 2.24) is 9.16 Å². The number of benzene rings is 1. The van der Waals surface area contributed by atoms with Gasteiger partial charge in [0.1, 0.15) is 0 Å². The summed E-state index contributed by atoms with van der Waals surface area (Å²) < 4.78 is 12.6. The fourth-order valence-corrected chi connectivity index (χ4v) is 2.65. The number of halogens is 3. The first-order valence-electron chi connectivity index (χ1n) is 5.80. The van der Waals surface area contributed by atoms with Gasteiger partial charge in [0.25, 0.3) is 0 Å². The number of fused-ring (bicyclic) bond motifs is 1. The monoisotopic (exact) mass is 333 g/mol. The smallest absolute Gasteiger partial charge is 0.231 e. The van der Waals surface area contributed by atoms with Crippen LogP contribution in [0, 0.1) is 0 Å². The minimum atomic E-state index is 0.249. The van der Waals surface area contributed by atoms with Crippen molar-refractivity contribution in [2.24, 2.45) is 5.10 Å². The number of hydrazine groups is 1. The second kappa shape index (κ2) is 5.24. The lowest BCUT2D eigenvalue weighted by atomic mass is 10.0. The van der Waals surface area contributed by atoms with E-state index in [1.54, 1.807) is 0 Å². The summed E-state index contributed by atoms with van der Waals surface area (Å²) in [5.74, 6) is 1.47. The Kier molecular flexibility index (Phi) is 3.58. The first-order chi connectivity index (χ1) is 9.56. The molecule has 0 atom stereocenters. The molecule has 2 aliphatic rings. The normalized spacial score (nSPS) is 17.7. The SMILES string of the molecule is CC1=NN(Cl)N(Cl)C(Cl)=C1Cc1ccc2c(c1)OCO2. The van der Waals surface area contributed by atoms with Crippen LogP contribution in [-0.4, -0.2) is 21.7 Å². The van der Waals surface area contributed by atoms with Gasteiger partial charge in [0.05, 0.1) is 17.5 Å². The molecule has 3 rings (SSSR count). The Labute approximate surface area is 131 Å². The summed E-state index contributed by atoms with van der Waals surface area (Å²) in [5.41, 5.74) is 2.53. The maximum atomic E-state index is 6.20. The molecule has 0 amide bonds. The summed E-state index contributed by atoms with van der Waals surface area (Å²) in [6.45, 7) is 2.07. The number of allylic oxidation sites excluding steroid dienone is 1. The molecule has 1 aromatic rings. The minimum absolute atomic E-state index is 0.249. The van der Waals surface area contributed by atoms with Gasteiger partial charge >= 0.3 is 0 Å². The molecule has 0 bridgehead atoms. The number of rotatable bonds is 2. The second-order valence-electron chi connectivity index (χ2n) is 4.32. The Morgan fingerprint density at radius 2 is 2.00 bits per heavy atom. The molecule has 2 aliphatic heterocycles. The first-order valence-corrected chi connectivity index (χ1v) is 6.86. The van der Waals surface area contributed by atoms with Crippen LogP contribution in [0.3, 0.4) is 0 Å². The highest BCUT2D eigenvalue weighted by Crippen LogP contribution is 2.35. The van der Waals surface area contributed by atoms with Crippen LogP contribution in [0.15, 0.2) is 34.0 Å². The molecule has 0 aliphatic carbocycles. The molecule has 106 valence electrons. The molecular weight excluding hydrogens is 325 g/mol. The van der Waals surface area contributed by atoms with Crippen molar-refractivity contribution in [2.75, 3.05) is 6.79 Å². The summed E-state index contributed by atoms with van der Waals surface area (Å²) in [5, 5.41) is 4.40. The summed E-state index contributed by atoms with van der Waals surface area (Å²) in [6.07, 6.45) is 0.568. The van der Waals surface area contributed by atoms with E-state index in [1.165, 1.54) is 0 Å². The van der Waals surface area contributed by atoms with Crippen molar-refractivity contribution >= 4 is 40.9 Å². The van der Waals surface area contributed by atoms with Crippen LogP contribution < -0.4 is 9.47 Å². The Morgan fingerprint density at radius 1 is 1.25 bits per heavy atom. The Hall–Kier alpha value is -1.30. The van der Waals surface area contributed by atoms with E-state index < -0.39 is 0 Å². The zero-order valence-electron chi connectivity index (χ0n) is 10.4. The fraction of sp³-hybridized carbons (Fsp3) is 0.250. The van der Waals surface area contributed by atoms with Crippen LogP contribution >= 0.6 is 35.2 Å². The molecule has 2 heterocycles. The van der Waals surface area contributed by atoms with E-state index in [1.807, 2.05) is 25.1 Å². The lowest BCUT2D eigenvalue weighted by Crippen LogP contribution is -2.29. The highest BCUT2D eigenvalue weighted by Gasteiger charge is 2.24. The molecule has 0 radical (unpaired) electrons. The quantitative estimate of drug-likeness (QED) is 0.611. The Balaban J connectivity index is 1.89. The van der Waals surface area contributed by atoms with Gasteiger partial charge in [-0.3, -0.25) is 0 Å². The van der Waals surface area contributed by atoms with Crippen molar-refractivity contribution in [2.45, 2.75) is 13.3 Å². The summed E-state index contributed by atoms with van der Waals surface area (Å²) in [7, 11) is 0. The number of hydrogen-bond donors (Lipinski definition) is 0. The molecule has 8 heteroatoms. The fourth-order valence-electron chi connectivity index (χ4n) is 2.01. The Morgan fingerprint density at radius 3 is 2.80 bits per heavy atom. The third kappa shape index (κ3) is 2.37. The second-order valence-corrected chi connectivity index (χ2v) is 5.30. The van der Waals surface area contributed by atoms with Crippen LogP contribution in [0.1, 0.15) is 12.5 Å². The molecule has 0 spiro atoms. The molecule has 0 unspecified atom stereocenters. The topological polar surface area (TPSA) is 37.3 Å². The van der Waals surface area contributed by atoms with Crippen LogP contribution in [0.25, 0.3) is 0 Å². The van der Waals surface area contributed by atoms with Crippen molar-refractivity contribution in [3.05, 3.63) is 34.5 Å². The zero-order valence-corrected chi connectivity index (χ0v) is 12.7. The van der Waals surface area contributed by atoms with E-state index >= 15 is 0 Å². The Bertz CT molecular complexity index is 618. The van der Waals surface area contributed by atoms with Crippen LogP contribution in [0.4, 0.5) is 0 Å². The van der Waals surface area contributed by atoms with Gasteiger partial charge in [-0.1, -0.05) is 22.3 Å². The van der Waals surface area contributed by atoms with Crippen LogP contribution in [0.2, 0.25) is 0 Å². The van der Waals surface area contributed by atoms with Gasteiger partial charge in [0, 0.05) is 23.8 Å². The highest BCUT2D eigenvalue weighted by atomic mass is 35.5. The third-order valence-electron chi connectivity index (χ3n) is 3.04. The van der Waals surface area contributed by atoms with E-state index in [0.29, 0.717) is 17.3 Å². The van der Waals surface area contributed by atoms with Crippen LogP contribution in [0.5, 0.6) is 11.5 Å². The predicted octanol–water partition coefficient (Wildman–Crippen LogP) is 3.62. The van der Waals surface area contributed by atoms with Gasteiger partial charge in [-0.25, -0.2) is 0 Å². The van der Waals surface area contributed by atoms with Gasteiger partial charge in [-0.05, 0) is 24.6 Å². The third-order valence-corrected chi connectivity index (χ3v) is 4.13. The number of hydrazone groups is 1. The number of ether oxygens (including phenoxy) is 2. The average molecular weight is 335 g/mol. The van der Waals surface area contributed by atoms with Gasteiger partial charge in [0.15, 0.2) is 16.7 Å². The summed E-state index contributed by atoms with van der Waals surface area (Å²) >= 11 is 17.9. The number of hydrogen-bond acceptors (Lipinski definition) is 5. The molecular formula is C12H10Cl3N3O2. The average Bonchev–Trinajstić information content (AvgIpc) is 2.88. The van der Waals surface area contributed by atoms with E-state index in [2.05, 4.69) is 5.10 Å². The van der Waals surface area contributed by atoms with Crippen molar-refractivity contribution in [3.8, 4) is 11.5 Å². The van der Waals surface area contributed by atoms with E-state index in [0.717, 1.165) is 31.8 Å². The maximum Gasteiger partial charge on any atom is 0.231 e. The van der Waals surface area contributed by atoms with Gasteiger partial charge in [-0.2, -0.15) is 0 Å². The molecule has 0 aromatic heterocycles. The van der Waals surface area contributed by atoms with Crippen molar-refractivity contribution in [3.63, 3.8) is 0 Å². The van der Waals surface area contributed by atoms with E-state index in [4.69, 9.17) is 44.6 Å². The molecule has 20 heavy (non-hydrogen) atoms. The zero-order chi connectivity index (χ0) is 14.3. The van der Waals surface area contributed by atoms with Crippen LogP contribution in [-0.2, 0) is 6.42 Å². The summed E-state index contributed by atoms with van der Waals surface area (Å²) in [4.78, 5) is 0. The molecule has 0 fully saturated rings. The molecule has 0 saturated heterocycles. The van der Waals surface area contributed by atoms with E-state index in [9.17, 15) is 0 Å². The standard InChI is InChI=1S/C12H10Cl3N3O2/c1-7-9(12(13)17(14)18(15)16-7)4-8-2-3-10-11(5-8)20-6-19-10/h2-3,5H,4,6H2,1H3. The first kappa shape index (κ1) is 13.7. The maximum absolute atomic E-state index is 6.20. The molecule has 0 N–H and O–H groups in total. The van der Waals surface area contributed by atoms with Crippen molar-refractivity contribution in [1.29, 1.82) is 0 Å². The summed E-state index contributed by atoms with van der Waals surface area (Å²) in [6, 6.07) is 5.73. The molecule has 5 nitrogen and oxygen atoms in total. The number of nitrogens with zero attached hydrogens (tertiary/aromatic N) is 3. The van der Waals surface area contributed by atoms with E-state index in [-0.39, 0.29) is 6.79 Å².